The number of rotatable bonds is 2. The number of halogens is 1. The number of nitrogens with zero attached hydrogens (tertiary/aromatic N) is 2. The van der Waals surface area contributed by atoms with Crippen LogP contribution >= 0.6 is 0 Å². The van der Waals surface area contributed by atoms with Crippen molar-refractivity contribution in [2.75, 3.05) is 0 Å². The van der Waals surface area contributed by atoms with Crippen molar-refractivity contribution < 1.29 is 4.39 Å². The highest BCUT2D eigenvalue weighted by molar-refractivity contribution is 5.34. The van der Waals surface area contributed by atoms with Gasteiger partial charge in [-0.1, -0.05) is 6.07 Å². The van der Waals surface area contributed by atoms with Gasteiger partial charge in [0.05, 0.1) is 11.7 Å². The molecule has 0 radical (unpaired) electrons. The largest absolute Gasteiger partial charge is 0.320 e. The molecule has 0 aliphatic carbocycles. The molecule has 3 nitrogen and oxygen atoms in total. The van der Waals surface area contributed by atoms with E-state index in [9.17, 15) is 4.39 Å². The van der Waals surface area contributed by atoms with Crippen LogP contribution in [0.3, 0.4) is 0 Å². The first-order valence-corrected chi connectivity index (χ1v) is 5.50. The third-order valence-electron chi connectivity index (χ3n) is 2.81. The molecule has 0 saturated heterocycles. The van der Waals surface area contributed by atoms with Crippen LogP contribution in [0.5, 0.6) is 0 Å². The molecule has 2 aromatic rings. The maximum absolute atomic E-state index is 13.3. The first-order valence-electron chi connectivity index (χ1n) is 5.50. The van der Waals surface area contributed by atoms with Gasteiger partial charge in [0.1, 0.15) is 5.82 Å². The number of hydrogen-bond acceptors (Lipinski definition) is 2. The molecule has 2 rings (SSSR count). The number of hydrogen-bond donors (Lipinski definition) is 1. The molecule has 1 aromatic carbocycles. The van der Waals surface area contributed by atoms with Crippen LogP contribution in [-0.4, -0.2) is 9.78 Å². The Bertz CT molecular complexity index is 525. The standard InChI is InChI=1S/C13H16FN3/c1-8-4-10(6-11(14)5-8)13(15)12-7-17(3)16-9(12)2/h4-7,13H,15H2,1-3H3. The van der Waals surface area contributed by atoms with E-state index in [-0.39, 0.29) is 11.9 Å². The molecular formula is C13H16FN3. The van der Waals surface area contributed by atoms with Crippen LogP contribution in [0, 0.1) is 19.7 Å². The third-order valence-corrected chi connectivity index (χ3v) is 2.81. The van der Waals surface area contributed by atoms with E-state index >= 15 is 0 Å². The lowest BCUT2D eigenvalue weighted by Crippen LogP contribution is -2.12. The van der Waals surface area contributed by atoms with Crippen molar-refractivity contribution >= 4 is 0 Å². The first-order chi connectivity index (χ1) is 7.97. The van der Waals surface area contributed by atoms with E-state index in [1.165, 1.54) is 12.1 Å². The first kappa shape index (κ1) is 11.8. The molecular weight excluding hydrogens is 217 g/mol. The normalized spacial score (nSPS) is 12.8. The lowest BCUT2D eigenvalue weighted by atomic mass is 9.99. The van der Waals surface area contributed by atoms with Gasteiger partial charge in [-0.05, 0) is 37.1 Å². The summed E-state index contributed by atoms with van der Waals surface area (Å²) >= 11 is 0. The lowest BCUT2D eigenvalue weighted by molar-refractivity contribution is 0.622. The minimum Gasteiger partial charge on any atom is -0.320 e. The van der Waals surface area contributed by atoms with Crippen molar-refractivity contribution in [1.29, 1.82) is 0 Å². The minimum atomic E-state index is -0.335. The number of aromatic nitrogens is 2. The van der Waals surface area contributed by atoms with Gasteiger partial charge in [-0.3, -0.25) is 4.68 Å². The van der Waals surface area contributed by atoms with Crippen LogP contribution in [-0.2, 0) is 7.05 Å². The highest BCUT2D eigenvalue weighted by atomic mass is 19.1. The summed E-state index contributed by atoms with van der Waals surface area (Å²) in [5.74, 6) is -0.253. The number of benzene rings is 1. The summed E-state index contributed by atoms with van der Waals surface area (Å²) in [7, 11) is 1.85. The van der Waals surface area contributed by atoms with Gasteiger partial charge in [-0.25, -0.2) is 4.39 Å². The van der Waals surface area contributed by atoms with E-state index in [0.717, 1.165) is 22.4 Å². The maximum atomic E-state index is 13.3. The fourth-order valence-corrected chi connectivity index (χ4v) is 2.05. The Labute approximate surface area is 100 Å². The summed E-state index contributed by atoms with van der Waals surface area (Å²) in [6.45, 7) is 3.76. The Balaban J connectivity index is 2.43. The Morgan fingerprint density at radius 2 is 2.00 bits per heavy atom. The van der Waals surface area contributed by atoms with Crippen LogP contribution in [0.4, 0.5) is 4.39 Å². The Kier molecular flexibility index (Phi) is 2.98. The molecule has 0 spiro atoms. The van der Waals surface area contributed by atoms with Gasteiger partial charge in [0.25, 0.3) is 0 Å². The van der Waals surface area contributed by atoms with E-state index < -0.39 is 0 Å². The monoisotopic (exact) mass is 233 g/mol. The smallest absolute Gasteiger partial charge is 0.123 e. The van der Waals surface area contributed by atoms with Crippen molar-refractivity contribution in [3.63, 3.8) is 0 Å². The Morgan fingerprint density at radius 1 is 1.29 bits per heavy atom. The molecule has 0 fully saturated rings. The van der Waals surface area contributed by atoms with E-state index in [2.05, 4.69) is 5.10 Å². The zero-order valence-electron chi connectivity index (χ0n) is 10.2. The fourth-order valence-electron chi connectivity index (χ4n) is 2.05. The third kappa shape index (κ3) is 2.36. The molecule has 1 atom stereocenters. The topological polar surface area (TPSA) is 43.8 Å². The van der Waals surface area contributed by atoms with E-state index in [0.29, 0.717) is 0 Å². The van der Waals surface area contributed by atoms with Crippen molar-refractivity contribution in [2.24, 2.45) is 12.8 Å². The van der Waals surface area contributed by atoms with Gasteiger partial charge in [0.15, 0.2) is 0 Å². The summed E-state index contributed by atoms with van der Waals surface area (Å²) in [6.07, 6.45) is 1.88. The van der Waals surface area contributed by atoms with Gasteiger partial charge in [-0.2, -0.15) is 5.10 Å². The quantitative estimate of drug-likeness (QED) is 0.864. The van der Waals surface area contributed by atoms with Gasteiger partial charge in [0.2, 0.25) is 0 Å². The van der Waals surface area contributed by atoms with Gasteiger partial charge < -0.3 is 5.73 Å². The molecule has 1 heterocycles. The molecule has 1 unspecified atom stereocenters. The molecule has 4 heteroatoms. The molecule has 0 saturated carbocycles. The van der Waals surface area contributed by atoms with Crippen molar-refractivity contribution in [3.05, 3.63) is 52.6 Å². The summed E-state index contributed by atoms with van der Waals surface area (Å²) < 4.78 is 15.1. The van der Waals surface area contributed by atoms with E-state index in [1.54, 1.807) is 4.68 Å². The molecule has 0 amide bonds. The summed E-state index contributed by atoms with van der Waals surface area (Å²) in [4.78, 5) is 0. The lowest BCUT2D eigenvalue weighted by Gasteiger charge is -2.12. The van der Waals surface area contributed by atoms with Crippen molar-refractivity contribution in [3.8, 4) is 0 Å². The molecule has 0 bridgehead atoms. The molecule has 1 aromatic heterocycles. The highest BCUT2D eigenvalue weighted by Crippen LogP contribution is 2.23. The molecule has 0 aliphatic heterocycles. The summed E-state index contributed by atoms with van der Waals surface area (Å²) in [6, 6.07) is 4.54. The van der Waals surface area contributed by atoms with Crippen LogP contribution in [0.15, 0.2) is 24.4 Å². The fraction of sp³-hybridized carbons (Fsp3) is 0.308. The Hall–Kier alpha value is -1.68. The molecule has 0 aliphatic rings. The zero-order valence-corrected chi connectivity index (χ0v) is 10.2. The van der Waals surface area contributed by atoms with Crippen LogP contribution < -0.4 is 5.73 Å². The predicted octanol–water partition coefficient (Wildman–Crippen LogP) is 2.22. The van der Waals surface area contributed by atoms with Gasteiger partial charge >= 0.3 is 0 Å². The second-order valence-electron chi connectivity index (χ2n) is 4.38. The summed E-state index contributed by atoms with van der Waals surface area (Å²) in [5.41, 5.74) is 9.60. The number of aryl methyl sites for hydroxylation is 3. The average molecular weight is 233 g/mol. The molecule has 17 heavy (non-hydrogen) atoms. The molecule has 90 valence electrons. The van der Waals surface area contributed by atoms with Gasteiger partial charge in [0, 0.05) is 18.8 Å². The van der Waals surface area contributed by atoms with Crippen LogP contribution in [0.25, 0.3) is 0 Å². The Morgan fingerprint density at radius 3 is 2.53 bits per heavy atom. The zero-order chi connectivity index (χ0) is 12.6. The average Bonchev–Trinajstić information content (AvgIpc) is 2.55. The minimum absolute atomic E-state index is 0.253. The summed E-state index contributed by atoms with van der Waals surface area (Å²) in [5, 5.41) is 4.25. The van der Waals surface area contributed by atoms with E-state index in [1.807, 2.05) is 33.2 Å². The van der Waals surface area contributed by atoms with Gasteiger partial charge in [-0.15, -0.1) is 0 Å². The molecule has 2 N–H and O–H groups in total. The second kappa shape index (κ2) is 4.30. The van der Waals surface area contributed by atoms with Crippen LogP contribution in [0.1, 0.15) is 28.4 Å². The highest BCUT2D eigenvalue weighted by Gasteiger charge is 2.15. The predicted molar refractivity (Wildman–Crippen MR) is 65.1 cm³/mol. The van der Waals surface area contributed by atoms with Crippen molar-refractivity contribution in [1.82, 2.24) is 9.78 Å². The van der Waals surface area contributed by atoms with Crippen molar-refractivity contribution in [2.45, 2.75) is 19.9 Å². The maximum Gasteiger partial charge on any atom is 0.123 e. The number of nitrogens with two attached hydrogens (primary N) is 1. The second-order valence-corrected chi connectivity index (χ2v) is 4.38. The van der Waals surface area contributed by atoms with E-state index in [4.69, 9.17) is 5.73 Å². The van der Waals surface area contributed by atoms with Crippen LogP contribution in [0.2, 0.25) is 0 Å². The SMILES string of the molecule is Cc1cc(F)cc(C(N)c2cn(C)nc2C)c1.